The van der Waals surface area contributed by atoms with E-state index in [4.69, 9.17) is 0 Å². The summed E-state index contributed by atoms with van der Waals surface area (Å²) in [6.07, 6.45) is 1.41. The molecule has 23 heteroatoms. The fourth-order valence-electron chi connectivity index (χ4n) is 9.81. The van der Waals surface area contributed by atoms with Gasteiger partial charge in [0.25, 0.3) is 23.6 Å². The number of rotatable bonds is 12. The summed E-state index contributed by atoms with van der Waals surface area (Å²) in [4.78, 5) is 96.0. The first-order valence-electron chi connectivity index (χ1n) is 24.9. The summed E-state index contributed by atoms with van der Waals surface area (Å²) in [5, 5.41) is 42.7. The van der Waals surface area contributed by atoms with Crippen LogP contribution in [0.4, 0.5) is 18.9 Å². The van der Waals surface area contributed by atoms with Crippen molar-refractivity contribution in [2.75, 3.05) is 5.32 Å². The molecule has 0 radical (unpaired) electrons. The first-order valence-corrected chi connectivity index (χ1v) is 24.9. The number of nitrogens with one attached hydrogen (secondary N) is 5. The number of aromatic nitrogens is 6. The molecule has 7 N–H and O–H groups in total. The van der Waals surface area contributed by atoms with Crippen LogP contribution in [0.2, 0.25) is 0 Å². The third-order valence-electron chi connectivity index (χ3n) is 14.0. The fourth-order valence-corrected chi connectivity index (χ4v) is 9.81. The van der Waals surface area contributed by atoms with Crippen LogP contribution in [0.25, 0.3) is 11.3 Å². The molecule has 0 fully saturated rings. The van der Waals surface area contributed by atoms with Gasteiger partial charge in [-0.05, 0) is 96.0 Å². The van der Waals surface area contributed by atoms with Gasteiger partial charge in [0.05, 0.1) is 36.7 Å². The van der Waals surface area contributed by atoms with Crippen LogP contribution in [0, 0.1) is 24.4 Å². The Balaban J connectivity index is 0.000000179. The lowest BCUT2D eigenvalue weighted by Crippen LogP contribution is -2.35. The molecule has 5 heterocycles. The minimum Gasteiger partial charge on any atom is -0.390 e. The number of halogens is 3. The van der Waals surface area contributed by atoms with Crippen LogP contribution in [0.3, 0.4) is 0 Å². The van der Waals surface area contributed by atoms with Crippen LogP contribution >= 0.6 is 0 Å². The number of fused-ring (bicyclic) bond motifs is 5. The van der Waals surface area contributed by atoms with Crippen LogP contribution in [0.1, 0.15) is 140 Å². The molecule has 0 saturated heterocycles. The van der Waals surface area contributed by atoms with Gasteiger partial charge in [0.1, 0.15) is 28.6 Å². The third kappa shape index (κ3) is 10.8. The van der Waals surface area contributed by atoms with Gasteiger partial charge in [0.2, 0.25) is 5.91 Å². The Bertz CT molecular complexity index is 3880. The van der Waals surface area contributed by atoms with Crippen LogP contribution < -0.4 is 26.6 Å². The molecular formula is C56H48F3N11O9. The number of anilines is 1. The summed E-state index contributed by atoms with van der Waals surface area (Å²) in [7, 11) is 0. The van der Waals surface area contributed by atoms with Gasteiger partial charge < -0.3 is 36.8 Å². The maximum atomic E-state index is 14.5. The Kier molecular flexibility index (Phi) is 14.4. The number of Topliss-reactive ketones (excluding diaryl/α,β-unsaturated/α-hetero) is 2. The number of carbonyl (C=O) groups is 7. The summed E-state index contributed by atoms with van der Waals surface area (Å²) >= 11 is 0. The normalized spacial score (nSPS) is 16.9. The van der Waals surface area contributed by atoms with Gasteiger partial charge >= 0.3 is 0 Å². The van der Waals surface area contributed by atoms with Crippen molar-refractivity contribution in [2.24, 2.45) is 0 Å². The molecule has 4 aromatic carbocycles. The van der Waals surface area contributed by atoms with Gasteiger partial charge in [-0.15, -0.1) is 0 Å². The van der Waals surface area contributed by atoms with E-state index in [1.165, 1.54) is 38.1 Å². The van der Waals surface area contributed by atoms with Gasteiger partial charge in [-0.3, -0.25) is 33.6 Å². The molecule has 20 nitrogen and oxygen atoms in total. The van der Waals surface area contributed by atoms with Crippen molar-refractivity contribution in [1.82, 2.24) is 50.5 Å². The second-order valence-corrected chi connectivity index (χ2v) is 19.4. The van der Waals surface area contributed by atoms with Gasteiger partial charge in [-0.2, -0.15) is 10.2 Å². The number of benzene rings is 4. The van der Waals surface area contributed by atoms with Gasteiger partial charge in [-0.1, -0.05) is 48.5 Å². The summed E-state index contributed by atoms with van der Waals surface area (Å²) in [6.45, 7) is 4.66. The van der Waals surface area contributed by atoms with E-state index in [1.807, 2.05) is 12.1 Å². The molecule has 1 aliphatic heterocycles. The standard InChI is InChI=1S/C29H25FN6O5.C27H23F2N5O4/c1-14(37)17-4-6-19-18(9-17)10-24(38)26(19)35-29(41)23-11-22(34-27-20(30)13-32-36(23)27)28(40)31-12-15-2-3-16-5-7-25(39)33-21(16)8-15;1-13-7-15(3-6-19(13)28)11-30-26(37)21-10-22(34-25(32-21)20(29)12-31-34)27(38)33-24-18-5-4-16(14(2)35)8-17(18)9-23(24)36/h2-4,6,8-9,11,13,24,26,38H,5,7,10,12H2,1H3,(H,31,40)(H,33,39)(H,35,41);3-8,10,12,23-24,36H,9,11H2,1-2H3,(H,30,37)(H,33,38)/t24-,26-;23-,24-/m11/s1. The van der Waals surface area contributed by atoms with Gasteiger partial charge in [0.15, 0.2) is 34.5 Å². The number of hydrogen-bond acceptors (Lipinski definition) is 13. The number of amides is 5. The Morgan fingerprint density at radius 3 is 1.56 bits per heavy atom. The SMILES string of the molecule is CC(=O)c1ccc2c(c1)C[C@@H](O)[C@@H]2NC(=O)c1cc(C(=O)NCc2ccc(F)c(C)c2)nc2c(F)cnn12.CC(=O)c1ccc2c(c1)C[C@@H](O)[C@@H]2NC(=O)c1cc(C(=O)NCc2ccc3c(c2)NC(=O)CC3)nc2c(F)cnn12. The Hall–Kier alpha value is -9.48. The highest BCUT2D eigenvalue weighted by atomic mass is 19.1. The van der Waals surface area contributed by atoms with Gasteiger partial charge in [-0.25, -0.2) is 32.2 Å². The first kappa shape index (κ1) is 52.9. The quantitative estimate of drug-likeness (QED) is 0.0785. The van der Waals surface area contributed by atoms with Crippen molar-refractivity contribution in [2.45, 2.75) is 83.8 Å². The Labute approximate surface area is 446 Å². The monoisotopic (exact) mass is 1080 g/mol. The maximum absolute atomic E-state index is 14.5. The molecule has 0 spiro atoms. The van der Waals surface area contributed by atoms with E-state index in [-0.39, 0.29) is 83.3 Å². The lowest BCUT2D eigenvalue weighted by molar-refractivity contribution is -0.116. The Morgan fingerprint density at radius 2 is 1.08 bits per heavy atom. The number of aryl methyl sites for hydroxylation is 2. The largest absolute Gasteiger partial charge is 0.390 e. The second kappa shape index (κ2) is 21.5. The summed E-state index contributed by atoms with van der Waals surface area (Å²) in [5.74, 6) is -5.04. The zero-order chi connectivity index (χ0) is 56.0. The van der Waals surface area contributed by atoms with Crippen molar-refractivity contribution < 1.29 is 56.9 Å². The van der Waals surface area contributed by atoms with E-state index in [0.717, 1.165) is 43.7 Å². The number of ketones is 2. The van der Waals surface area contributed by atoms with E-state index in [0.29, 0.717) is 51.9 Å². The zero-order valence-corrected chi connectivity index (χ0v) is 42.4. The molecule has 4 aromatic heterocycles. The predicted octanol–water partition coefficient (Wildman–Crippen LogP) is 5.11. The minimum absolute atomic E-state index is 0.0589. The molecule has 79 heavy (non-hydrogen) atoms. The van der Waals surface area contributed by atoms with Gasteiger partial charge in [0, 0.05) is 61.3 Å². The highest BCUT2D eigenvalue weighted by molar-refractivity contribution is 6.00. The molecule has 402 valence electrons. The lowest BCUT2D eigenvalue weighted by atomic mass is 10.0. The minimum atomic E-state index is -0.954. The van der Waals surface area contributed by atoms with Crippen molar-refractivity contribution in [1.29, 1.82) is 0 Å². The van der Waals surface area contributed by atoms with Crippen molar-refractivity contribution in [3.8, 4) is 0 Å². The first-order chi connectivity index (χ1) is 37.8. The van der Waals surface area contributed by atoms with E-state index in [1.54, 1.807) is 55.5 Å². The Morgan fingerprint density at radius 1 is 0.595 bits per heavy atom. The molecule has 8 aromatic rings. The molecule has 2 aliphatic carbocycles. The number of hydrogen-bond donors (Lipinski definition) is 7. The van der Waals surface area contributed by atoms with Crippen molar-refractivity contribution in [3.63, 3.8) is 0 Å². The van der Waals surface area contributed by atoms with E-state index >= 15 is 0 Å². The molecule has 11 rings (SSSR count). The average Bonchev–Trinajstić information content (AvgIpc) is 4.18. The summed E-state index contributed by atoms with van der Waals surface area (Å²) < 4.78 is 44.5. The maximum Gasteiger partial charge on any atom is 0.270 e. The van der Waals surface area contributed by atoms with Crippen LogP contribution in [-0.4, -0.2) is 92.7 Å². The topological polar surface area (TPSA) is 280 Å². The second-order valence-electron chi connectivity index (χ2n) is 19.4. The van der Waals surface area contributed by atoms with E-state index < -0.39 is 59.6 Å². The highest BCUT2D eigenvalue weighted by Gasteiger charge is 2.36. The van der Waals surface area contributed by atoms with Crippen LogP contribution in [-0.2, 0) is 37.1 Å². The average molecular weight is 1080 g/mol. The molecule has 3 aliphatic rings. The molecule has 0 bridgehead atoms. The summed E-state index contributed by atoms with van der Waals surface area (Å²) in [5.41, 5.74) is 5.92. The highest BCUT2D eigenvalue weighted by Crippen LogP contribution is 2.34. The van der Waals surface area contributed by atoms with Crippen molar-refractivity contribution in [3.05, 3.63) is 193 Å². The molecule has 0 unspecified atom stereocenters. The number of nitrogens with zero attached hydrogens (tertiary/aromatic N) is 6. The van der Waals surface area contributed by atoms with E-state index in [2.05, 4.69) is 46.7 Å². The number of aliphatic hydroxyl groups excluding tert-OH is 2. The van der Waals surface area contributed by atoms with E-state index in [9.17, 15) is 56.9 Å². The van der Waals surface area contributed by atoms with Crippen molar-refractivity contribution >= 4 is 58.1 Å². The number of aliphatic hydroxyl groups is 2. The summed E-state index contributed by atoms with van der Waals surface area (Å²) in [6, 6.07) is 20.7. The molecule has 0 saturated carbocycles. The van der Waals surface area contributed by atoms with Crippen LogP contribution in [0.5, 0.6) is 0 Å². The molecular weight excluding hydrogens is 1030 g/mol. The fraction of sp³-hybridized carbons (Fsp3) is 0.232. The zero-order valence-electron chi connectivity index (χ0n) is 42.4. The smallest absolute Gasteiger partial charge is 0.270 e. The third-order valence-corrected chi connectivity index (χ3v) is 14.0. The molecule has 4 atom stereocenters. The van der Waals surface area contributed by atoms with Crippen LogP contribution in [0.15, 0.2) is 97.3 Å². The molecule has 5 amide bonds. The lowest BCUT2D eigenvalue weighted by Gasteiger charge is -2.19. The number of carbonyl (C=O) groups excluding carboxylic acids is 7. The predicted molar refractivity (Wildman–Crippen MR) is 275 cm³/mol.